The van der Waals surface area contributed by atoms with Crippen LogP contribution in [0.15, 0.2) is 24.3 Å². The van der Waals surface area contributed by atoms with E-state index in [1.54, 1.807) is 25.1 Å². The van der Waals surface area contributed by atoms with Crippen LogP contribution in [0.3, 0.4) is 0 Å². The SMILES string of the molecule is CC(COc1ccccc1F)C(=N)N. The smallest absolute Gasteiger partial charge is 0.165 e. The first kappa shape index (κ1) is 10.5. The Morgan fingerprint density at radius 3 is 2.79 bits per heavy atom. The Balaban J connectivity index is 2.54. The van der Waals surface area contributed by atoms with E-state index < -0.39 is 5.82 Å². The number of halogens is 1. The highest BCUT2D eigenvalue weighted by Gasteiger charge is 2.07. The molecule has 0 aliphatic rings. The normalized spacial score (nSPS) is 12.1. The second-order valence-corrected chi connectivity index (χ2v) is 3.10. The fourth-order valence-corrected chi connectivity index (χ4v) is 0.866. The average molecular weight is 196 g/mol. The van der Waals surface area contributed by atoms with Crippen LogP contribution in [-0.2, 0) is 0 Å². The number of para-hydroxylation sites is 1. The zero-order chi connectivity index (χ0) is 10.6. The summed E-state index contributed by atoms with van der Waals surface area (Å²) in [5.41, 5.74) is 5.25. The third-order valence-electron chi connectivity index (χ3n) is 1.86. The maximum atomic E-state index is 13.0. The van der Waals surface area contributed by atoms with Crippen molar-refractivity contribution in [2.45, 2.75) is 6.92 Å². The number of hydrogen-bond donors (Lipinski definition) is 2. The number of ether oxygens (including phenoxy) is 1. The quantitative estimate of drug-likeness (QED) is 0.569. The molecule has 0 amide bonds. The molecule has 76 valence electrons. The summed E-state index contributed by atoms with van der Waals surface area (Å²) in [6, 6.07) is 6.16. The van der Waals surface area contributed by atoms with Crippen LogP contribution < -0.4 is 10.5 Å². The van der Waals surface area contributed by atoms with Crippen LogP contribution in [0, 0.1) is 17.1 Å². The molecule has 0 aromatic heterocycles. The molecule has 1 aromatic carbocycles. The predicted octanol–water partition coefficient (Wildman–Crippen LogP) is 1.78. The van der Waals surface area contributed by atoms with Crippen molar-refractivity contribution in [2.24, 2.45) is 11.7 Å². The van der Waals surface area contributed by atoms with Crippen molar-refractivity contribution in [2.75, 3.05) is 6.61 Å². The van der Waals surface area contributed by atoms with Gasteiger partial charge in [-0.2, -0.15) is 0 Å². The van der Waals surface area contributed by atoms with Crippen LogP contribution in [0.4, 0.5) is 4.39 Å². The second kappa shape index (κ2) is 4.60. The molecule has 3 N–H and O–H groups in total. The van der Waals surface area contributed by atoms with Crippen molar-refractivity contribution in [1.29, 1.82) is 5.41 Å². The van der Waals surface area contributed by atoms with Crippen molar-refractivity contribution in [3.63, 3.8) is 0 Å². The van der Waals surface area contributed by atoms with E-state index in [0.717, 1.165) is 0 Å². The fraction of sp³-hybridized carbons (Fsp3) is 0.300. The Hall–Kier alpha value is -1.58. The van der Waals surface area contributed by atoms with Crippen LogP contribution in [0.1, 0.15) is 6.92 Å². The fourth-order valence-electron chi connectivity index (χ4n) is 0.866. The van der Waals surface area contributed by atoms with E-state index >= 15 is 0 Å². The maximum Gasteiger partial charge on any atom is 0.165 e. The van der Waals surface area contributed by atoms with Gasteiger partial charge >= 0.3 is 0 Å². The molecule has 0 spiro atoms. The van der Waals surface area contributed by atoms with Crippen molar-refractivity contribution in [1.82, 2.24) is 0 Å². The molecule has 0 saturated carbocycles. The third-order valence-corrected chi connectivity index (χ3v) is 1.86. The molecule has 0 saturated heterocycles. The standard InChI is InChI=1S/C10H13FN2O/c1-7(10(12)13)6-14-9-5-3-2-4-8(9)11/h2-5,7H,6H2,1H3,(H3,12,13). The summed E-state index contributed by atoms with van der Waals surface area (Å²) in [7, 11) is 0. The van der Waals surface area contributed by atoms with Gasteiger partial charge < -0.3 is 10.5 Å². The van der Waals surface area contributed by atoms with Gasteiger partial charge in [0.15, 0.2) is 11.6 Å². The van der Waals surface area contributed by atoms with Crippen LogP contribution in [0.2, 0.25) is 0 Å². The van der Waals surface area contributed by atoms with E-state index in [2.05, 4.69) is 0 Å². The average Bonchev–Trinajstić information content (AvgIpc) is 2.16. The molecule has 1 rings (SSSR count). The van der Waals surface area contributed by atoms with Gasteiger partial charge in [-0.1, -0.05) is 19.1 Å². The Bertz CT molecular complexity index is 328. The highest BCUT2D eigenvalue weighted by molar-refractivity contribution is 5.79. The van der Waals surface area contributed by atoms with Crippen LogP contribution in [0.25, 0.3) is 0 Å². The molecule has 1 atom stereocenters. The monoisotopic (exact) mass is 196 g/mol. The topological polar surface area (TPSA) is 59.1 Å². The number of benzene rings is 1. The Kier molecular flexibility index (Phi) is 3.45. The molecular weight excluding hydrogens is 183 g/mol. The van der Waals surface area contributed by atoms with Gasteiger partial charge in [-0.3, -0.25) is 5.41 Å². The molecule has 0 bridgehead atoms. The first-order valence-corrected chi connectivity index (χ1v) is 4.32. The Morgan fingerprint density at radius 1 is 1.57 bits per heavy atom. The van der Waals surface area contributed by atoms with Gasteiger partial charge in [-0.15, -0.1) is 0 Å². The second-order valence-electron chi connectivity index (χ2n) is 3.10. The first-order chi connectivity index (χ1) is 6.61. The molecule has 4 heteroatoms. The van der Waals surface area contributed by atoms with Gasteiger partial charge in [-0.05, 0) is 12.1 Å². The lowest BCUT2D eigenvalue weighted by atomic mass is 10.2. The zero-order valence-corrected chi connectivity index (χ0v) is 7.96. The summed E-state index contributed by atoms with van der Waals surface area (Å²) in [5.74, 6) is -0.361. The molecule has 0 fully saturated rings. The van der Waals surface area contributed by atoms with E-state index in [9.17, 15) is 4.39 Å². The van der Waals surface area contributed by atoms with Crippen molar-refractivity contribution >= 4 is 5.84 Å². The van der Waals surface area contributed by atoms with Crippen LogP contribution >= 0.6 is 0 Å². The largest absolute Gasteiger partial charge is 0.490 e. The van der Waals surface area contributed by atoms with Gasteiger partial charge in [0, 0.05) is 5.92 Å². The highest BCUT2D eigenvalue weighted by atomic mass is 19.1. The molecule has 14 heavy (non-hydrogen) atoms. The molecule has 0 heterocycles. The van der Waals surface area contributed by atoms with Gasteiger partial charge in [0.1, 0.15) is 0 Å². The van der Waals surface area contributed by atoms with Crippen LogP contribution in [-0.4, -0.2) is 12.4 Å². The highest BCUT2D eigenvalue weighted by Crippen LogP contribution is 2.15. The van der Waals surface area contributed by atoms with Crippen molar-refractivity contribution < 1.29 is 9.13 Å². The minimum Gasteiger partial charge on any atom is -0.490 e. The minimum absolute atomic E-state index is 0.0429. The molecule has 3 nitrogen and oxygen atoms in total. The van der Waals surface area contributed by atoms with Crippen LogP contribution in [0.5, 0.6) is 5.75 Å². The number of rotatable bonds is 4. The lowest BCUT2D eigenvalue weighted by molar-refractivity contribution is 0.278. The summed E-state index contributed by atoms with van der Waals surface area (Å²) in [4.78, 5) is 0. The molecular formula is C10H13FN2O. The lowest BCUT2D eigenvalue weighted by Crippen LogP contribution is -2.25. The first-order valence-electron chi connectivity index (χ1n) is 4.32. The zero-order valence-electron chi connectivity index (χ0n) is 7.96. The molecule has 1 aromatic rings. The number of nitrogens with one attached hydrogen (secondary N) is 1. The Labute approximate surface area is 82.2 Å². The van der Waals surface area contributed by atoms with E-state index in [1.165, 1.54) is 6.07 Å². The van der Waals surface area contributed by atoms with Gasteiger partial charge in [0.05, 0.1) is 12.4 Å². The lowest BCUT2D eigenvalue weighted by Gasteiger charge is -2.11. The van der Waals surface area contributed by atoms with E-state index in [-0.39, 0.29) is 24.1 Å². The van der Waals surface area contributed by atoms with E-state index in [1.807, 2.05) is 0 Å². The molecule has 0 aliphatic carbocycles. The van der Waals surface area contributed by atoms with Gasteiger partial charge in [-0.25, -0.2) is 4.39 Å². The summed E-state index contributed by atoms with van der Waals surface area (Å²) in [5, 5.41) is 7.12. The third kappa shape index (κ3) is 2.73. The Morgan fingerprint density at radius 2 is 2.21 bits per heavy atom. The van der Waals surface area contributed by atoms with Crippen molar-refractivity contribution in [3.05, 3.63) is 30.1 Å². The van der Waals surface area contributed by atoms with E-state index in [4.69, 9.17) is 15.9 Å². The molecule has 0 radical (unpaired) electrons. The number of nitrogens with two attached hydrogens (primary N) is 1. The van der Waals surface area contributed by atoms with Gasteiger partial charge in [0.25, 0.3) is 0 Å². The predicted molar refractivity (Wildman–Crippen MR) is 53.0 cm³/mol. The van der Waals surface area contributed by atoms with Gasteiger partial charge in [0.2, 0.25) is 0 Å². The summed E-state index contributed by atoms with van der Waals surface area (Å²) in [6.07, 6.45) is 0. The number of amidine groups is 1. The molecule has 1 unspecified atom stereocenters. The van der Waals surface area contributed by atoms with E-state index in [0.29, 0.717) is 0 Å². The summed E-state index contributed by atoms with van der Waals surface area (Å²) < 4.78 is 18.2. The minimum atomic E-state index is -0.400. The number of hydrogen-bond acceptors (Lipinski definition) is 2. The summed E-state index contributed by atoms with van der Waals surface area (Å²) in [6.45, 7) is 1.97. The van der Waals surface area contributed by atoms with Crippen molar-refractivity contribution in [3.8, 4) is 5.75 Å². The molecule has 0 aliphatic heterocycles. The summed E-state index contributed by atoms with van der Waals surface area (Å²) >= 11 is 0. The maximum absolute atomic E-state index is 13.0.